The molecule has 0 saturated heterocycles. The third kappa shape index (κ3) is 3.95. The molecule has 5 heteroatoms. The second-order valence-corrected chi connectivity index (χ2v) is 4.67. The first-order valence-corrected chi connectivity index (χ1v) is 6.03. The number of hydrogen-bond donors (Lipinski definition) is 1. The minimum atomic E-state index is -0.723. The molecule has 1 aromatic rings. The molecule has 1 rings (SSSR count). The first-order chi connectivity index (χ1) is 7.11. The molecule has 1 unspecified atom stereocenters. The van der Waals surface area contributed by atoms with Gasteiger partial charge in [0.1, 0.15) is 5.82 Å². The SMILES string of the molecule is CC(CSCCc1nccn1C)C(=O)O. The Morgan fingerprint density at radius 2 is 2.47 bits per heavy atom. The Hall–Kier alpha value is -0.970. The van der Waals surface area contributed by atoms with E-state index in [2.05, 4.69) is 4.98 Å². The molecule has 0 bridgehead atoms. The maximum absolute atomic E-state index is 10.5. The molecule has 1 aromatic heterocycles. The minimum absolute atomic E-state index is 0.267. The molecule has 0 aliphatic heterocycles. The fourth-order valence-electron chi connectivity index (χ4n) is 1.13. The lowest BCUT2D eigenvalue weighted by molar-refractivity contribution is -0.140. The smallest absolute Gasteiger partial charge is 0.307 e. The quantitative estimate of drug-likeness (QED) is 0.748. The Balaban J connectivity index is 2.17. The van der Waals surface area contributed by atoms with E-state index in [9.17, 15) is 4.79 Å². The molecule has 0 saturated carbocycles. The highest BCUT2D eigenvalue weighted by Crippen LogP contribution is 2.10. The fraction of sp³-hybridized carbons (Fsp3) is 0.600. The molecule has 0 amide bonds. The number of carbonyl (C=O) groups is 1. The zero-order valence-corrected chi connectivity index (χ0v) is 9.83. The summed E-state index contributed by atoms with van der Waals surface area (Å²) >= 11 is 1.66. The molecule has 1 atom stereocenters. The number of imidazole rings is 1. The Bertz CT molecular complexity index is 325. The zero-order chi connectivity index (χ0) is 11.3. The summed E-state index contributed by atoms with van der Waals surface area (Å²) in [7, 11) is 1.97. The van der Waals surface area contributed by atoms with E-state index < -0.39 is 5.97 Å². The predicted octanol–water partition coefficient (Wildman–Crippen LogP) is 1.42. The van der Waals surface area contributed by atoms with Gasteiger partial charge >= 0.3 is 5.97 Å². The van der Waals surface area contributed by atoms with Gasteiger partial charge in [-0.1, -0.05) is 6.92 Å². The van der Waals surface area contributed by atoms with E-state index in [0.29, 0.717) is 5.75 Å². The summed E-state index contributed by atoms with van der Waals surface area (Å²) in [5.41, 5.74) is 0. The molecule has 0 radical (unpaired) electrons. The van der Waals surface area contributed by atoms with Crippen LogP contribution in [0.25, 0.3) is 0 Å². The van der Waals surface area contributed by atoms with E-state index in [1.807, 2.05) is 17.8 Å². The molecule has 1 N–H and O–H groups in total. The lowest BCUT2D eigenvalue weighted by atomic mass is 10.2. The zero-order valence-electron chi connectivity index (χ0n) is 9.01. The van der Waals surface area contributed by atoms with Crippen LogP contribution in [0.5, 0.6) is 0 Å². The second kappa shape index (κ2) is 5.80. The predicted molar refractivity (Wildman–Crippen MR) is 61.0 cm³/mol. The average molecular weight is 228 g/mol. The van der Waals surface area contributed by atoms with Crippen LogP contribution in [0, 0.1) is 5.92 Å². The Morgan fingerprint density at radius 3 is 3.00 bits per heavy atom. The van der Waals surface area contributed by atoms with Crippen LogP contribution in [0.15, 0.2) is 12.4 Å². The molecule has 0 aliphatic carbocycles. The first kappa shape index (κ1) is 12.1. The number of carboxylic acid groups (broad SMARTS) is 1. The van der Waals surface area contributed by atoms with Crippen LogP contribution in [-0.4, -0.2) is 32.1 Å². The third-order valence-electron chi connectivity index (χ3n) is 2.18. The third-order valence-corrected chi connectivity index (χ3v) is 3.41. The van der Waals surface area contributed by atoms with E-state index in [-0.39, 0.29) is 5.92 Å². The summed E-state index contributed by atoms with van der Waals surface area (Å²) < 4.78 is 1.99. The summed E-state index contributed by atoms with van der Waals surface area (Å²) in [6, 6.07) is 0. The summed E-state index contributed by atoms with van der Waals surface area (Å²) in [5, 5.41) is 8.68. The normalized spacial score (nSPS) is 12.7. The molecule has 0 spiro atoms. The van der Waals surface area contributed by atoms with E-state index >= 15 is 0 Å². The largest absolute Gasteiger partial charge is 0.481 e. The van der Waals surface area contributed by atoms with Crippen LogP contribution >= 0.6 is 11.8 Å². The van der Waals surface area contributed by atoms with Crippen LogP contribution in [0.4, 0.5) is 0 Å². The molecule has 4 nitrogen and oxygen atoms in total. The van der Waals surface area contributed by atoms with Gasteiger partial charge in [-0.25, -0.2) is 4.98 Å². The molecule has 15 heavy (non-hydrogen) atoms. The van der Waals surface area contributed by atoms with E-state index in [0.717, 1.165) is 18.0 Å². The number of aromatic nitrogens is 2. The van der Waals surface area contributed by atoms with Crippen molar-refractivity contribution in [3.63, 3.8) is 0 Å². The van der Waals surface area contributed by atoms with Crippen LogP contribution in [0.1, 0.15) is 12.7 Å². The van der Waals surface area contributed by atoms with Crippen molar-refractivity contribution < 1.29 is 9.90 Å². The monoisotopic (exact) mass is 228 g/mol. The average Bonchev–Trinajstić information content (AvgIpc) is 2.58. The first-order valence-electron chi connectivity index (χ1n) is 4.88. The number of nitrogens with zero attached hydrogens (tertiary/aromatic N) is 2. The van der Waals surface area contributed by atoms with Gasteiger partial charge in [0.05, 0.1) is 5.92 Å². The number of hydrogen-bond acceptors (Lipinski definition) is 3. The molecule has 0 aliphatic rings. The lowest BCUT2D eigenvalue weighted by Gasteiger charge is -2.05. The second-order valence-electron chi connectivity index (χ2n) is 3.52. The topological polar surface area (TPSA) is 55.1 Å². The number of thioether (sulfide) groups is 1. The van der Waals surface area contributed by atoms with Gasteiger partial charge in [0.15, 0.2) is 0 Å². The van der Waals surface area contributed by atoms with Crippen molar-refractivity contribution in [1.29, 1.82) is 0 Å². The lowest BCUT2D eigenvalue weighted by Crippen LogP contribution is -2.12. The number of rotatable bonds is 6. The van der Waals surface area contributed by atoms with Crippen molar-refractivity contribution in [3.05, 3.63) is 18.2 Å². The summed E-state index contributed by atoms with van der Waals surface area (Å²) in [6.45, 7) is 1.73. The van der Waals surface area contributed by atoms with Gasteiger partial charge in [-0.05, 0) is 0 Å². The van der Waals surface area contributed by atoms with E-state index in [1.54, 1.807) is 24.9 Å². The maximum atomic E-state index is 10.5. The minimum Gasteiger partial charge on any atom is -0.481 e. The molecular weight excluding hydrogens is 212 g/mol. The summed E-state index contributed by atoms with van der Waals surface area (Å²) in [4.78, 5) is 14.7. The van der Waals surface area contributed by atoms with Gasteiger partial charge in [-0.2, -0.15) is 11.8 Å². The molecule has 0 fully saturated rings. The Morgan fingerprint density at radius 1 is 1.73 bits per heavy atom. The van der Waals surface area contributed by atoms with Gasteiger partial charge in [-0.15, -0.1) is 0 Å². The number of carboxylic acids is 1. The van der Waals surface area contributed by atoms with Crippen molar-refractivity contribution in [1.82, 2.24) is 9.55 Å². The highest BCUT2D eigenvalue weighted by atomic mass is 32.2. The molecule has 84 valence electrons. The highest BCUT2D eigenvalue weighted by molar-refractivity contribution is 7.99. The van der Waals surface area contributed by atoms with Crippen LogP contribution in [0.2, 0.25) is 0 Å². The van der Waals surface area contributed by atoms with Crippen LogP contribution < -0.4 is 0 Å². The Kier molecular flexibility index (Phi) is 4.68. The van der Waals surface area contributed by atoms with E-state index in [1.165, 1.54) is 0 Å². The molecule has 0 aromatic carbocycles. The number of aryl methyl sites for hydroxylation is 2. The maximum Gasteiger partial charge on any atom is 0.307 e. The molecular formula is C10H16N2O2S. The van der Waals surface area contributed by atoms with Gasteiger partial charge < -0.3 is 9.67 Å². The van der Waals surface area contributed by atoms with Crippen molar-refractivity contribution in [2.75, 3.05) is 11.5 Å². The molecule has 1 heterocycles. The standard InChI is InChI=1S/C10H16N2O2S/c1-8(10(13)14)7-15-6-3-9-11-4-5-12(9)2/h4-5,8H,3,6-7H2,1-2H3,(H,13,14). The van der Waals surface area contributed by atoms with E-state index in [4.69, 9.17) is 5.11 Å². The van der Waals surface area contributed by atoms with Crippen molar-refractivity contribution in [2.45, 2.75) is 13.3 Å². The highest BCUT2D eigenvalue weighted by Gasteiger charge is 2.10. The van der Waals surface area contributed by atoms with Gasteiger partial charge in [0, 0.05) is 37.4 Å². The van der Waals surface area contributed by atoms with Crippen molar-refractivity contribution >= 4 is 17.7 Å². The van der Waals surface area contributed by atoms with Gasteiger partial charge in [0.25, 0.3) is 0 Å². The Labute approximate surface area is 93.7 Å². The van der Waals surface area contributed by atoms with Crippen molar-refractivity contribution in [2.24, 2.45) is 13.0 Å². The number of aliphatic carboxylic acids is 1. The van der Waals surface area contributed by atoms with Crippen molar-refractivity contribution in [3.8, 4) is 0 Å². The summed E-state index contributed by atoms with van der Waals surface area (Å²) in [6.07, 6.45) is 4.58. The van der Waals surface area contributed by atoms with Crippen LogP contribution in [0.3, 0.4) is 0 Å². The fourth-order valence-corrected chi connectivity index (χ4v) is 2.12. The van der Waals surface area contributed by atoms with Crippen LogP contribution in [-0.2, 0) is 18.3 Å². The van der Waals surface area contributed by atoms with Gasteiger partial charge in [-0.3, -0.25) is 4.79 Å². The van der Waals surface area contributed by atoms with Gasteiger partial charge in [0.2, 0.25) is 0 Å². The summed E-state index contributed by atoms with van der Waals surface area (Å²) in [5.74, 6) is 1.64.